The predicted molar refractivity (Wildman–Crippen MR) is 72.3 cm³/mol. The summed E-state index contributed by atoms with van der Waals surface area (Å²) in [6, 6.07) is 7.45. The lowest BCUT2D eigenvalue weighted by molar-refractivity contribution is 1.04. The maximum atomic E-state index is 7.35. The SMILES string of the molecule is Cc1nccnc1N(C)c1ccc(C(=N)N)cc1. The normalized spacial score (nSPS) is 10.1. The van der Waals surface area contributed by atoms with Crippen LogP contribution in [0.4, 0.5) is 11.5 Å². The quantitative estimate of drug-likeness (QED) is 0.634. The van der Waals surface area contributed by atoms with Gasteiger partial charge in [0.2, 0.25) is 0 Å². The molecule has 0 atom stereocenters. The molecule has 0 fully saturated rings. The molecule has 5 heteroatoms. The van der Waals surface area contributed by atoms with Crippen LogP contribution >= 0.6 is 0 Å². The zero-order valence-corrected chi connectivity index (χ0v) is 10.4. The molecule has 18 heavy (non-hydrogen) atoms. The van der Waals surface area contributed by atoms with Gasteiger partial charge in [0.05, 0.1) is 5.69 Å². The van der Waals surface area contributed by atoms with Crippen molar-refractivity contribution in [2.45, 2.75) is 6.92 Å². The summed E-state index contributed by atoms with van der Waals surface area (Å²) in [7, 11) is 1.93. The number of amidine groups is 1. The van der Waals surface area contributed by atoms with Gasteiger partial charge in [-0.05, 0) is 31.2 Å². The first-order chi connectivity index (χ1) is 8.59. The zero-order chi connectivity index (χ0) is 13.1. The predicted octanol–water partition coefficient (Wildman–Crippen LogP) is 1.84. The Labute approximate surface area is 106 Å². The largest absolute Gasteiger partial charge is 0.384 e. The van der Waals surface area contributed by atoms with Crippen molar-refractivity contribution in [3.63, 3.8) is 0 Å². The molecule has 0 saturated heterocycles. The molecule has 0 spiro atoms. The Morgan fingerprint density at radius 2 is 1.78 bits per heavy atom. The van der Waals surface area contributed by atoms with Gasteiger partial charge in [-0.3, -0.25) is 10.4 Å². The van der Waals surface area contributed by atoms with E-state index in [1.54, 1.807) is 12.4 Å². The number of rotatable bonds is 3. The molecule has 0 bridgehead atoms. The van der Waals surface area contributed by atoms with E-state index in [0.29, 0.717) is 5.56 Å². The molecule has 1 aromatic carbocycles. The molecule has 2 rings (SSSR count). The second kappa shape index (κ2) is 4.83. The molecule has 0 aliphatic rings. The van der Waals surface area contributed by atoms with Crippen LogP contribution in [-0.2, 0) is 0 Å². The Kier molecular flexibility index (Phi) is 3.23. The molecular weight excluding hydrogens is 226 g/mol. The maximum Gasteiger partial charge on any atom is 0.154 e. The van der Waals surface area contributed by atoms with Gasteiger partial charge in [-0.25, -0.2) is 4.98 Å². The lowest BCUT2D eigenvalue weighted by Crippen LogP contribution is -2.14. The fourth-order valence-electron chi connectivity index (χ4n) is 1.72. The van der Waals surface area contributed by atoms with Crippen molar-refractivity contribution in [1.29, 1.82) is 5.41 Å². The van der Waals surface area contributed by atoms with E-state index in [9.17, 15) is 0 Å². The molecule has 5 nitrogen and oxygen atoms in total. The number of hydrogen-bond acceptors (Lipinski definition) is 4. The number of nitrogens with zero attached hydrogens (tertiary/aromatic N) is 3. The summed E-state index contributed by atoms with van der Waals surface area (Å²) in [4.78, 5) is 10.5. The minimum Gasteiger partial charge on any atom is -0.384 e. The number of nitrogen functional groups attached to an aromatic ring is 1. The Balaban J connectivity index is 2.32. The average Bonchev–Trinajstić information content (AvgIpc) is 2.38. The minimum atomic E-state index is 0.0693. The van der Waals surface area contributed by atoms with Crippen molar-refractivity contribution < 1.29 is 0 Å². The average molecular weight is 241 g/mol. The fourth-order valence-corrected chi connectivity index (χ4v) is 1.72. The van der Waals surface area contributed by atoms with E-state index in [1.165, 1.54) is 0 Å². The first-order valence-electron chi connectivity index (χ1n) is 5.55. The van der Waals surface area contributed by atoms with Crippen molar-refractivity contribution in [1.82, 2.24) is 9.97 Å². The lowest BCUT2D eigenvalue weighted by Gasteiger charge is -2.19. The first-order valence-corrected chi connectivity index (χ1v) is 5.55. The fraction of sp³-hybridized carbons (Fsp3) is 0.154. The number of nitrogens with two attached hydrogens (primary N) is 1. The Hall–Kier alpha value is -2.43. The van der Waals surface area contributed by atoms with E-state index >= 15 is 0 Å². The van der Waals surface area contributed by atoms with Crippen molar-refractivity contribution >= 4 is 17.3 Å². The van der Waals surface area contributed by atoms with Gasteiger partial charge in [0.15, 0.2) is 5.82 Å². The molecule has 0 saturated carbocycles. The number of aryl methyl sites for hydroxylation is 1. The highest BCUT2D eigenvalue weighted by atomic mass is 15.2. The van der Waals surface area contributed by atoms with Gasteiger partial charge < -0.3 is 10.6 Å². The van der Waals surface area contributed by atoms with Crippen LogP contribution in [0, 0.1) is 12.3 Å². The van der Waals surface area contributed by atoms with E-state index in [0.717, 1.165) is 17.2 Å². The van der Waals surface area contributed by atoms with E-state index in [2.05, 4.69) is 9.97 Å². The first kappa shape index (κ1) is 12.0. The van der Waals surface area contributed by atoms with E-state index in [1.807, 2.05) is 43.1 Å². The van der Waals surface area contributed by atoms with Crippen molar-refractivity contribution in [3.8, 4) is 0 Å². The van der Waals surface area contributed by atoms with Crippen LogP contribution in [0.5, 0.6) is 0 Å². The Morgan fingerprint density at radius 3 is 2.33 bits per heavy atom. The van der Waals surface area contributed by atoms with E-state index < -0.39 is 0 Å². The number of benzene rings is 1. The van der Waals surface area contributed by atoms with Crippen LogP contribution in [0.3, 0.4) is 0 Å². The van der Waals surface area contributed by atoms with Crippen LogP contribution in [0.25, 0.3) is 0 Å². The molecule has 92 valence electrons. The summed E-state index contributed by atoms with van der Waals surface area (Å²) < 4.78 is 0. The third-order valence-electron chi connectivity index (χ3n) is 2.74. The highest BCUT2D eigenvalue weighted by Gasteiger charge is 2.08. The number of nitrogens with one attached hydrogen (secondary N) is 1. The number of hydrogen-bond donors (Lipinski definition) is 2. The molecule has 0 radical (unpaired) electrons. The van der Waals surface area contributed by atoms with Crippen LogP contribution in [0.15, 0.2) is 36.7 Å². The molecule has 3 N–H and O–H groups in total. The van der Waals surface area contributed by atoms with Crippen LogP contribution in [0.2, 0.25) is 0 Å². The molecular formula is C13H15N5. The van der Waals surface area contributed by atoms with Gasteiger partial charge in [0, 0.05) is 30.7 Å². The molecule has 1 aromatic heterocycles. The molecule has 0 amide bonds. The van der Waals surface area contributed by atoms with Gasteiger partial charge in [-0.2, -0.15) is 0 Å². The lowest BCUT2D eigenvalue weighted by atomic mass is 10.2. The second-order valence-corrected chi connectivity index (χ2v) is 3.98. The summed E-state index contributed by atoms with van der Waals surface area (Å²) in [5.74, 6) is 0.882. The highest BCUT2D eigenvalue weighted by molar-refractivity contribution is 5.95. The summed E-state index contributed by atoms with van der Waals surface area (Å²) in [6.45, 7) is 1.92. The molecule has 0 aliphatic carbocycles. The molecule has 2 aromatic rings. The number of aromatic nitrogens is 2. The maximum absolute atomic E-state index is 7.35. The zero-order valence-electron chi connectivity index (χ0n) is 10.4. The summed E-state index contributed by atoms with van der Waals surface area (Å²) in [6.07, 6.45) is 3.34. The van der Waals surface area contributed by atoms with E-state index in [-0.39, 0.29) is 5.84 Å². The van der Waals surface area contributed by atoms with Gasteiger partial charge in [0.25, 0.3) is 0 Å². The second-order valence-electron chi connectivity index (χ2n) is 3.98. The van der Waals surface area contributed by atoms with Crippen LogP contribution < -0.4 is 10.6 Å². The van der Waals surface area contributed by atoms with Crippen molar-refractivity contribution in [2.24, 2.45) is 5.73 Å². The van der Waals surface area contributed by atoms with Gasteiger partial charge in [-0.1, -0.05) is 0 Å². The summed E-state index contributed by atoms with van der Waals surface area (Å²) in [5.41, 5.74) is 7.98. The molecule has 0 unspecified atom stereocenters. The van der Waals surface area contributed by atoms with Gasteiger partial charge in [-0.15, -0.1) is 0 Å². The van der Waals surface area contributed by atoms with Crippen molar-refractivity contribution in [3.05, 3.63) is 47.9 Å². The van der Waals surface area contributed by atoms with Crippen LogP contribution in [-0.4, -0.2) is 22.9 Å². The highest BCUT2D eigenvalue weighted by Crippen LogP contribution is 2.23. The third-order valence-corrected chi connectivity index (χ3v) is 2.74. The van der Waals surface area contributed by atoms with Crippen LogP contribution in [0.1, 0.15) is 11.3 Å². The van der Waals surface area contributed by atoms with Gasteiger partial charge >= 0.3 is 0 Å². The molecule has 1 heterocycles. The smallest absolute Gasteiger partial charge is 0.154 e. The summed E-state index contributed by atoms with van der Waals surface area (Å²) in [5, 5.41) is 7.35. The standard InChI is InChI=1S/C13H15N5/c1-9-13(17-8-7-16-9)18(2)11-5-3-10(4-6-11)12(14)15/h3-8H,1-2H3,(H3,14,15). The van der Waals surface area contributed by atoms with Gasteiger partial charge in [0.1, 0.15) is 5.84 Å². The third kappa shape index (κ3) is 2.29. The number of anilines is 2. The Bertz CT molecular complexity index is 562. The summed E-state index contributed by atoms with van der Waals surface area (Å²) >= 11 is 0. The Morgan fingerprint density at radius 1 is 1.17 bits per heavy atom. The van der Waals surface area contributed by atoms with Crippen molar-refractivity contribution in [2.75, 3.05) is 11.9 Å². The van der Waals surface area contributed by atoms with E-state index in [4.69, 9.17) is 11.1 Å². The minimum absolute atomic E-state index is 0.0693. The topological polar surface area (TPSA) is 78.9 Å². The molecule has 0 aliphatic heterocycles. The monoisotopic (exact) mass is 241 g/mol.